The Morgan fingerprint density at radius 1 is 1.06 bits per heavy atom. The molecule has 52 heavy (non-hydrogen) atoms. The number of hydrogen-bond donors (Lipinski definition) is 4. The lowest BCUT2D eigenvalue weighted by Crippen LogP contribution is -2.63. The summed E-state index contributed by atoms with van der Waals surface area (Å²) in [6, 6.07) is 12.6. The first-order valence-electron chi connectivity index (χ1n) is 19.1. The average molecular weight is 718 g/mol. The molecule has 4 atom stereocenters. The summed E-state index contributed by atoms with van der Waals surface area (Å²) in [6.45, 7) is 16.4. The van der Waals surface area contributed by atoms with E-state index in [4.69, 9.17) is 19.6 Å². The van der Waals surface area contributed by atoms with Crippen molar-refractivity contribution in [3.05, 3.63) is 59.2 Å². The van der Waals surface area contributed by atoms with Gasteiger partial charge in [-0.15, -0.1) is 0 Å². The number of alkyl carbamates (subject to hydrolysis) is 1. The van der Waals surface area contributed by atoms with Crippen LogP contribution in [0, 0.1) is 11.3 Å². The third-order valence-electron chi connectivity index (χ3n) is 10.7. The maximum absolute atomic E-state index is 14.0. The van der Waals surface area contributed by atoms with Crippen molar-refractivity contribution in [1.82, 2.24) is 20.9 Å². The van der Waals surface area contributed by atoms with Gasteiger partial charge in [0.25, 0.3) is 5.91 Å². The number of benzene rings is 2. The Balaban J connectivity index is 1.32. The molecule has 2 aromatic carbocycles. The maximum Gasteiger partial charge on any atom is 0.407 e. The highest BCUT2D eigenvalue weighted by atomic mass is 16.6. The Morgan fingerprint density at radius 3 is 2.48 bits per heavy atom. The highest BCUT2D eigenvalue weighted by molar-refractivity contribution is 6.00. The molecule has 3 amide bonds. The summed E-state index contributed by atoms with van der Waals surface area (Å²) >= 11 is 0. The lowest BCUT2D eigenvalue weighted by molar-refractivity contribution is -0.133. The lowest BCUT2D eigenvalue weighted by atomic mass is 9.83. The second kappa shape index (κ2) is 15.8. The Bertz CT molecular complexity index is 1610. The molecule has 11 heteroatoms. The summed E-state index contributed by atoms with van der Waals surface area (Å²) < 4.78 is 18.1. The van der Waals surface area contributed by atoms with Crippen molar-refractivity contribution in [1.29, 1.82) is 5.41 Å². The van der Waals surface area contributed by atoms with E-state index in [2.05, 4.69) is 22.9 Å². The molecule has 0 saturated carbocycles. The molecule has 3 aliphatic rings. The van der Waals surface area contributed by atoms with Gasteiger partial charge in [-0.2, -0.15) is 0 Å². The number of nitrogens with zero attached hydrogens (tertiary/aromatic N) is 1. The quantitative estimate of drug-likeness (QED) is 0.163. The first-order valence-corrected chi connectivity index (χ1v) is 19.1. The number of fused-ring (bicyclic) bond motifs is 2. The predicted molar refractivity (Wildman–Crippen MR) is 202 cm³/mol. The molecule has 284 valence electrons. The third kappa shape index (κ3) is 9.19. The van der Waals surface area contributed by atoms with Crippen LogP contribution in [0.5, 0.6) is 11.5 Å². The Kier molecular flexibility index (Phi) is 11.8. The fourth-order valence-corrected chi connectivity index (χ4v) is 7.70. The van der Waals surface area contributed by atoms with E-state index in [1.165, 1.54) is 0 Å². The number of carbonyl (C=O) groups excluding carboxylic acids is 3. The molecule has 0 radical (unpaired) electrons. The normalized spacial score (nSPS) is 22.5. The second-order valence-corrected chi connectivity index (χ2v) is 16.4. The molecule has 0 bridgehead atoms. The van der Waals surface area contributed by atoms with Crippen LogP contribution in [0.3, 0.4) is 0 Å². The van der Waals surface area contributed by atoms with E-state index in [0.29, 0.717) is 37.1 Å². The molecule has 0 aromatic heterocycles. The lowest BCUT2D eigenvalue weighted by Gasteiger charge is -2.47. The van der Waals surface area contributed by atoms with Crippen molar-refractivity contribution in [3.8, 4) is 11.5 Å². The summed E-state index contributed by atoms with van der Waals surface area (Å²) in [4.78, 5) is 41.4. The van der Waals surface area contributed by atoms with E-state index < -0.39 is 28.9 Å². The van der Waals surface area contributed by atoms with E-state index >= 15 is 0 Å². The zero-order chi connectivity index (χ0) is 37.8. The number of hydrogen-bond acceptors (Lipinski definition) is 7. The van der Waals surface area contributed by atoms with Crippen LogP contribution < -0.4 is 25.4 Å². The third-order valence-corrected chi connectivity index (χ3v) is 10.7. The maximum atomic E-state index is 14.0. The van der Waals surface area contributed by atoms with E-state index in [-0.39, 0.29) is 35.8 Å². The van der Waals surface area contributed by atoms with Gasteiger partial charge in [-0.3, -0.25) is 19.9 Å². The van der Waals surface area contributed by atoms with Crippen LogP contribution in [-0.2, 0) is 9.53 Å². The minimum Gasteiger partial charge on any atom is -0.490 e. The predicted octanol–water partition coefficient (Wildman–Crippen LogP) is 7.95. The van der Waals surface area contributed by atoms with Crippen molar-refractivity contribution in [2.75, 3.05) is 6.54 Å². The molecule has 0 unspecified atom stereocenters. The SMILES string of the molecule is CCC1(CC)CC(=O)N([C@@H]2C[C@@H]([C@@H](C)CCCCCNC(=O)OC(C)(C)C)Oc3ccc(C(=O)N[C@H]4CC(C)(C)Oc5ccccc54)cc32)C(=N)N1. The standard InChI is InChI=1S/C41H59N5O6/c1-9-41(10-2)25-35(47)46(37(42)45-41)31-23-34(26(3)16-12-11-15-21-43-38(49)52-39(4,5)6)50-32-20-19-27(22-29(31)32)36(48)44-30-24-40(7,8)51-33-18-14-13-17-28(30)33/h13-14,17-20,22,26,30-31,34H,9-12,15-16,21,23-25H2,1-8H3,(H2,42,45)(H,43,49)(H,44,48)/t26-,30-,31+,34-/m0/s1. The minimum absolute atomic E-state index is 0.0925. The van der Waals surface area contributed by atoms with Gasteiger partial charge in [0.15, 0.2) is 5.96 Å². The van der Waals surface area contributed by atoms with Gasteiger partial charge in [0.1, 0.15) is 28.8 Å². The number of unbranched alkanes of at least 4 members (excludes halogenated alkanes) is 2. The van der Waals surface area contributed by atoms with Crippen LogP contribution in [0.4, 0.5) is 4.79 Å². The minimum atomic E-state index is -0.526. The van der Waals surface area contributed by atoms with E-state index in [0.717, 1.165) is 55.4 Å². The largest absolute Gasteiger partial charge is 0.490 e. The van der Waals surface area contributed by atoms with Gasteiger partial charge in [-0.25, -0.2) is 4.79 Å². The van der Waals surface area contributed by atoms with Crippen LogP contribution in [0.15, 0.2) is 42.5 Å². The topological polar surface area (TPSA) is 142 Å². The Morgan fingerprint density at radius 2 is 1.79 bits per heavy atom. The van der Waals surface area contributed by atoms with E-state index in [1.807, 2.05) is 84.9 Å². The first-order chi connectivity index (χ1) is 24.5. The van der Waals surface area contributed by atoms with Crippen molar-refractivity contribution in [3.63, 3.8) is 0 Å². The Labute approximate surface area is 309 Å². The molecular weight excluding hydrogens is 658 g/mol. The van der Waals surface area contributed by atoms with Crippen molar-refractivity contribution in [2.45, 2.75) is 148 Å². The summed E-state index contributed by atoms with van der Waals surface area (Å²) in [6.07, 6.45) is 5.93. The van der Waals surface area contributed by atoms with Gasteiger partial charge in [0, 0.05) is 41.6 Å². The number of carbonyl (C=O) groups is 3. The van der Waals surface area contributed by atoms with Crippen LogP contribution >= 0.6 is 0 Å². The Hall–Kier alpha value is -4.28. The number of ether oxygens (including phenoxy) is 3. The van der Waals surface area contributed by atoms with Gasteiger partial charge >= 0.3 is 6.09 Å². The summed E-state index contributed by atoms with van der Waals surface area (Å²) in [7, 11) is 0. The van der Waals surface area contributed by atoms with Crippen molar-refractivity contribution < 1.29 is 28.6 Å². The highest BCUT2D eigenvalue weighted by Crippen LogP contribution is 2.44. The average Bonchev–Trinajstić information content (AvgIpc) is 3.07. The molecule has 3 heterocycles. The molecular formula is C41H59N5O6. The molecule has 3 aliphatic heterocycles. The van der Waals surface area contributed by atoms with Gasteiger partial charge in [-0.1, -0.05) is 51.8 Å². The van der Waals surface area contributed by atoms with Gasteiger partial charge < -0.3 is 30.2 Å². The van der Waals surface area contributed by atoms with Crippen molar-refractivity contribution >= 4 is 23.9 Å². The fraction of sp³-hybridized carbons (Fsp3) is 0.610. The van der Waals surface area contributed by atoms with Gasteiger partial charge in [0.2, 0.25) is 5.91 Å². The zero-order valence-electron chi connectivity index (χ0n) is 32.3. The molecule has 0 aliphatic carbocycles. The van der Waals surface area contributed by atoms with Crippen molar-refractivity contribution in [2.24, 2.45) is 5.92 Å². The zero-order valence-corrected chi connectivity index (χ0v) is 32.3. The number of guanidine groups is 1. The van der Waals surface area contributed by atoms with Crippen LogP contribution in [0.25, 0.3) is 0 Å². The highest BCUT2D eigenvalue weighted by Gasteiger charge is 2.45. The summed E-state index contributed by atoms with van der Waals surface area (Å²) in [5.41, 5.74) is 0.733. The summed E-state index contributed by atoms with van der Waals surface area (Å²) in [5, 5.41) is 18.5. The molecule has 0 spiro atoms. The number of para-hydroxylation sites is 1. The molecule has 4 N–H and O–H groups in total. The number of amides is 3. The summed E-state index contributed by atoms with van der Waals surface area (Å²) in [5.74, 6) is 1.35. The number of rotatable bonds is 12. The van der Waals surface area contributed by atoms with Gasteiger partial charge in [0.05, 0.1) is 18.5 Å². The van der Waals surface area contributed by atoms with E-state index in [1.54, 1.807) is 11.0 Å². The fourth-order valence-electron chi connectivity index (χ4n) is 7.70. The monoisotopic (exact) mass is 717 g/mol. The second-order valence-electron chi connectivity index (χ2n) is 16.4. The first kappa shape index (κ1) is 38.9. The molecule has 1 saturated heterocycles. The van der Waals surface area contributed by atoms with Crippen LogP contribution in [0.1, 0.15) is 147 Å². The molecule has 1 fully saturated rings. The molecule has 2 aromatic rings. The van der Waals surface area contributed by atoms with Crippen LogP contribution in [-0.4, -0.2) is 58.2 Å². The smallest absolute Gasteiger partial charge is 0.407 e. The van der Waals surface area contributed by atoms with E-state index in [9.17, 15) is 14.4 Å². The number of nitrogens with one attached hydrogen (secondary N) is 4. The van der Waals surface area contributed by atoms with Crippen LogP contribution in [0.2, 0.25) is 0 Å². The van der Waals surface area contributed by atoms with Gasteiger partial charge in [-0.05, 0) is 90.5 Å². The molecule has 11 nitrogen and oxygen atoms in total. The molecule has 5 rings (SSSR count).